The number of benzene rings is 2. The number of halogens is 3. The molecule has 0 fully saturated rings. The van der Waals surface area contributed by atoms with Crippen LogP contribution in [-0.2, 0) is 18.5 Å². The van der Waals surface area contributed by atoms with Crippen LogP contribution in [0.2, 0.25) is 0 Å². The summed E-state index contributed by atoms with van der Waals surface area (Å²) in [6.45, 7) is 4.96. The number of nitrogens with zero attached hydrogens (tertiary/aromatic N) is 4. The Kier molecular flexibility index (Phi) is 7.35. The number of hydrogen-bond donors (Lipinski definition) is 0. The number of rotatable bonds is 9. The van der Waals surface area contributed by atoms with Crippen molar-refractivity contribution in [1.29, 1.82) is 0 Å². The van der Waals surface area contributed by atoms with E-state index in [1.54, 1.807) is 15.0 Å². The molecule has 12 heteroatoms. The quantitative estimate of drug-likeness (QED) is 0.198. The monoisotopic (exact) mass is 560 g/mol. The molecule has 0 saturated carbocycles. The molecule has 0 unspecified atom stereocenters. The van der Waals surface area contributed by atoms with Gasteiger partial charge in [0.25, 0.3) is 5.56 Å². The van der Waals surface area contributed by atoms with E-state index >= 15 is 0 Å². The molecule has 0 aliphatic rings. The fourth-order valence-corrected chi connectivity index (χ4v) is 5.80. The minimum absolute atomic E-state index is 0.198. The van der Waals surface area contributed by atoms with Gasteiger partial charge in [-0.05, 0) is 54.6 Å². The topological polar surface area (TPSA) is 70.7 Å². The summed E-state index contributed by atoms with van der Waals surface area (Å²) in [5, 5.41) is 10.9. The lowest BCUT2D eigenvalue weighted by molar-refractivity contribution is -0.137. The molecule has 0 radical (unpaired) electrons. The van der Waals surface area contributed by atoms with E-state index < -0.39 is 11.7 Å². The molecule has 5 rings (SSSR count). The van der Waals surface area contributed by atoms with Gasteiger partial charge in [0.2, 0.25) is 5.78 Å². The number of ether oxygens (including phenoxy) is 2. The molecule has 0 bridgehead atoms. The van der Waals surface area contributed by atoms with E-state index in [4.69, 9.17) is 9.47 Å². The van der Waals surface area contributed by atoms with Gasteiger partial charge in [-0.3, -0.25) is 13.8 Å². The Morgan fingerprint density at radius 1 is 0.974 bits per heavy atom. The van der Waals surface area contributed by atoms with Gasteiger partial charge in [-0.2, -0.15) is 13.2 Å². The third-order valence-electron chi connectivity index (χ3n) is 5.75. The summed E-state index contributed by atoms with van der Waals surface area (Å²) in [7, 11) is 0. The standard InChI is InChI=1S/C26H23F3N4O3S2/c1-3-35-20-9-8-16(13-21(20)36-4-2)14-32-23(34)22-19(10-11-37-22)33-24(32)30-31-25(33)38-15-17-6-5-7-18(12-17)26(27,28)29/h5-13H,3-4,14-15H2,1-2H3. The van der Waals surface area contributed by atoms with Crippen LogP contribution < -0.4 is 15.0 Å². The van der Waals surface area contributed by atoms with Crippen LogP contribution in [0.15, 0.2) is 63.9 Å². The van der Waals surface area contributed by atoms with Crippen LogP contribution in [0.25, 0.3) is 16.0 Å². The first-order valence-corrected chi connectivity index (χ1v) is 13.7. The first-order valence-electron chi connectivity index (χ1n) is 11.8. The second-order valence-electron chi connectivity index (χ2n) is 8.28. The molecule has 0 aliphatic heterocycles. The number of thioether (sulfide) groups is 1. The molecule has 7 nitrogen and oxygen atoms in total. The highest BCUT2D eigenvalue weighted by Gasteiger charge is 2.30. The zero-order chi connectivity index (χ0) is 26.9. The molecular formula is C26H23F3N4O3S2. The average Bonchev–Trinajstić information content (AvgIpc) is 3.54. The lowest BCUT2D eigenvalue weighted by Gasteiger charge is -2.14. The Morgan fingerprint density at radius 2 is 1.76 bits per heavy atom. The van der Waals surface area contributed by atoms with E-state index in [-0.39, 0.29) is 17.9 Å². The lowest BCUT2D eigenvalue weighted by atomic mass is 10.1. The summed E-state index contributed by atoms with van der Waals surface area (Å²) in [5.41, 5.74) is 1.09. The van der Waals surface area contributed by atoms with Gasteiger partial charge in [0, 0.05) is 5.75 Å². The molecule has 0 aliphatic carbocycles. The van der Waals surface area contributed by atoms with E-state index in [0.29, 0.717) is 51.4 Å². The molecule has 2 aromatic carbocycles. The van der Waals surface area contributed by atoms with Crippen molar-refractivity contribution in [2.75, 3.05) is 13.2 Å². The van der Waals surface area contributed by atoms with Gasteiger partial charge < -0.3 is 9.47 Å². The molecule has 0 amide bonds. The predicted octanol–water partition coefficient (Wildman–Crippen LogP) is 6.26. The highest BCUT2D eigenvalue weighted by molar-refractivity contribution is 7.98. The van der Waals surface area contributed by atoms with Crippen LogP contribution in [0.4, 0.5) is 13.2 Å². The van der Waals surface area contributed by atoms with Crippen molar-refractivity contribution >= 4 is 39.1 Å². The van der Waals surface area contributed by atoms with E-state index in [0.717, 1.165) is 17.7 Å². The maximum Gasteiger partial charge on any atom is 0.416 e. The molecule has 0 saturated heterocycles. The van der Waals surface area contributed by atoms with Crippen LogP contribution in [0.1, 0.15) is 30.5 Å². The number of aromatic nitrogens is 4. The molecule has 38 heavy (non-hydrogen) atoms. The Labute approximate surface area is 223 Å². The fraction of sp³-hybridized carbons (Fsp3) is 0.269. The van der Waals surface area contributed by atoms with Crippen molar-refractivity contribution in [3.63, 3.8) is 0 Å². The SMILES string of the molecule is CCOc1ccc(Cn2c(=O)c3sccc3n3c(SCc4cccc(C(F)(F)F)c4)nnc23)cc1OCC. The molecule has 0 N–H and O–H groups in total. The van der Waals surface area contributed by atoms with Gasteiger partial charge >= 0.3 is 6.18 Å². The largest absolute Gasteiger partial charge is 0.490 e. The zero-order valence-electron chi connectivity index (χ0n) is 20.5. The van der Waals surface area contributed by atoms with Crippen LogP contribution in [0.3, 0.4) is 0 Å². The maximum absolute atomic E-state index is 13.4. The van der Waals surface area contributed by atoms with Crippen molar-refractivity contribution in [3.05, 3.63) is 81.0 Å². The minimum atomic E-state index is -4.41. The average molecular weight is 561 g/mol. The van der Waals surface area contributed by atoms with Crippen molar-refractivity contribution in [2.45, 2.75) is 37.5 Å². The van der Waals surface area contributed by atoms with E-state index in [1.807, 2.05) is 43.5 Å². The minimum Gasteiger partial charge on any atom is -0.490 e. The second-order valence-corrected chi connectivity index (χ2v) is 10.1. The summed E-state index contributed by atoms with van der Waals surface area (Å²) in [6.07, 6.45) is -4.41. The molecule has 5 aromatic rings. The van der Waals surface area contributed by atoms with E-state index in [1.165, 1.54) is 29.2 Å². The normalized spacial score (nSPS) is 11.9. The first-order chi connectivity index (χ1) is 18.3. The maximum atomic E-state index is 13.4. The summed E-state index contributed by atoms with van der Waals surface area (Å²) in [4.78, 5) is 13.4. The van der Waals surface area contributed by atoms with Crippen LogP contribution in [-0.4, -0.2) is 32.4 Å². The van der Waals surface area contributed by atoms with Crippen LogP contribution >= 0.6 is 23.1 Å². The molecule has 3 heterocycles. The highest BCUT2D eigenvalue weighted by atomic mass is 32.2. The van der Waals surface area contributed by atoms with Crippen LogP contribution in [0.5, 0.6) is 11.5 Å². The molecular weight excluding hydrogens is 537 g/mol. The van der Waals surface area contributed by atoms with Crippen molar-refractivity contribution in [1.82, 2.24) is 19.2 Å². The van der Waals surface area contributed by atoms with Gasteiger partial charge in [-0.15, -0.1) is 21.5 Å². The molecule has 0 spiro atoms. The smallest absolute Gasteiger partial charge is 0.416 e. The first kappa shape index (κ1) is 26.1. The van der Waals surface area contributed by atoms with Crippen molar-refractivity contribution < 1.29 is 22.6 Å². The van der Waals surface area contributed by atoms with Crippen molar-refractivity contribution in [2.24, 2.45) is 0 Å². The number of fused-ring (bicyclic) bond motifs is 3. The van der Waals surface area contributed by atoms with E-state index in [9.17, 15) is 18.0 Å². The number of thiophene rings is 1. The summed E-state index contributed by atoms with van der Waals surface area (Å²) >= 11 is 2.58. The van der Waals surface area contributed by atoms with Crippen LogP contribution in [0, 0.1) is 0 Å². The highest BCUT2D eigenvalue weighted by Crippen LogP contribution is 2.32. The Balaban J connectivity index is 1.52. The zero-order valence-corrected chi connectivity index (χ0v) is 22.1. The third kappa shape index (κ3) is 5.10. The van der Waals surface area contributed by atoms with Gasteiger partial charge in [0.15, 0.2) is 16.7 Å². The molecule has 0 atom stereocenters. The van der Waals surface area contributed by atoms with Gasteiger partial charge in [-0.1, -0.05) is 36.0 Å². The second kappa shape index (κ2) is 10.7. The molecule has 3 aromatic heterocycles. The summed E-state index contributed by atoms with van der Waals surface area (Å²) in [6, 6.07) is 12.6. The number of alkyl halides is 3. The summed E-state index contributed by atoms with van der Waals surface area (Å²) in [5.74, 6) is 1.82. The Morgan fingerprint density at radius 3 is 2.53 bits per heavy atom. The molecule has 198 valence electrons. The predicted molar refractivity (Wildman–Crippen MR) is 142 cm³/mol. The van der Waals surface area contributed by atoms with Gasteiger partial charge in [0.1, 0.15) is 4.70 Å². The van der Waals surface area contributed by atoms with Gasteiger partial charge in [0.05, 0.1) is 30.8 Å². The summed E-state index contributed by atoms with van der Waals surface area (Å²) < 4.78 is 54.7. The Hall–Kier alpha value is -3.51. The van der Waals surface area contributed by atoms with Crippen molar-refractivity contribution in [3.8, 4) is 11.5 Å². The lowest BCUT2D eigenvalue weighted by Crippen LogP contribution is -2.23. The number of hydrogen-bond acceptors (Lipinski definition) is 7. The Bertz CT molecular complexity index is 1660. The third-order valence-corrected chi connectivity index (χ3v) is 7.64. The van der Waals surface area contributed by atoms with E-state index in [2.05, 4.69) is 10.2 Å². The fourth-order valence-electron chi connectivity index (χ4n) is 4.10. The van der Waals surface area contributed by atoms with Gasteiger partial charge in [-0.25, -0.2) is 0 Å².